The van der Waals surface area contributed by atoms with Gasteiger partial charge in [-0.1, -0.05) is 48.0 Å². The Morgan fingerprint density at radius 2 is 1.54 bits per heavy atom. The Morgan fingerprint density at radius 3 is 2.23 bits per heavy atom. The Balaban J connectivity index is 1.62. The lowest BCUT2D eigenvalue weighted by Crippen LogP contribution is -2.07. The van der Waals surface area contributed by atoms with Crippen LogP contribution in [0, 0.1) is 5.82 Å². The van der Waals surface area contributed by atoms with Crippen LogP contribution < -0.4 is 4.74 Å². The van der Waals surface area contributed by atoms with E-state index in [9.17, 15) is 17.6 Å². The molecule has 35 heavy (non-hydrogen) atoms. The van der Waals surface area contributed by atoms with E-state index in [4.69, 9.17) is 16.3 Å². The molecule has 0 aliphatic rings. The lowest BCUT2D eigenvalue weighted by Gasteiger charge is -2.11. The highest BCUT2D eigenvalue weighted by Gasteiger charge is 2.34. The SMILES string of the molecule is Fc1cc(Cl)ccc1Cn1nc2c(C(F)(F)F)cccc2c1-c1ccc(Oc2ccccc2)cc1. The first-order valence-electron chi connectivity index (χ1n) is 10.6. The number of para-hydroxylation sites is 1. The van der Waals surface area contributed by atoms with Crippen LogP contribution in [0.5, 0.6) is 11.5 Å². The quantitative estimate of drug-likeness (QED) is 0.229. The van der Waals surface area contributed by atoms with Crippen molar-refractivity contribution in [2.45, 2.75) is 12.7 Å². The average molecular weight is 497 g/mol. The number of nitrogens with zero attached hydrogens (tertiary/aromatic N) is 2. The molecule has 0 aliphatic carbocycles. The van der Waals surface area contributed by atoms with Gasteiger partial charge in [0.2, 0.25) is 0 Å². The fourth-order valence-electron chi connectivity index (χ4n) is 3.92. The molecule has 0 saturated carbocycles. The number of aromatic nitrogens is 2. The van der Waals surface area contributed by atoms with Crippen molar-refractivity contribution in [3.63, 3.8) is 0 Å². The smallest absolute Gasteiger partial charge is 0.418 e. The fraction of sp³-hybridized carbons (Fsp3) is 0.0741. The van der Waals surface area contributed by atoms with Crippen LogP contribution in [0.25, 0.3) is 22.2 Å². The van der Waals surface area contributed by atoms with Gasteiger partial charge >= 0.3 is 6.18 Å². The molecule has 3 nitrogen and oxygen atoms in total. The Bertz CT molecular complexity index is 1500. The number of ether oxygens (including phenoxy) is 1. The predicted molar refractivity (Wildman–Crippen MR) is 127 cm³/mol. The normalized spacial score (nSPS) is 11.7. The number of benzene rings is 4. The lowest BCUT2D eigenvalue weighted by molar-refractivity contribution is -0.136. The van der Waals surface area contributed by atoms with E-state index in [0.29, 0.717) is 28.1 Å². The summed E-state index contributed by atoms with van der Waals surface area (Å²) in [4.78, 5) is 0. The summed E-state index contributed by atoms with van der Waals surface area (Å²) in [5, 5.41) is 4.81. The number of rotatable bonds is 5. The van der Waals surface area contributed by atoms with Crippen LogP contribution in [0.3, 0.4) is 0 Å². The summed E-state index contributed by atoms with van der Waals surface area (Å²) in [6, 6.07) is 24.2. The first kappa shape index (κ1) is 22.9. The van der Waals surface area contributed by atoms with Crippen molar-refractivity contribution < 1.29 is 22.3 Å². The van der Waals surface area contributed by atoms with Crippen molar-refractivity contribution in [2.75, 3.05) is 0 Å². The predicted octanol–water partition coefficient (Wildman–Crippen LogP) is 8.36. The zero-order chi connectivity index (χ0) is 24.6. The Morgan fingerprint density at radius 1 is 0.829 bits per heavy atom. The maximum atomic E-state index is 14.5. The van der Waals surface area contributed by atoms with Gasteiger partial charge in [0.1, 0.15) is 22.8 Å². The van der Waals surface area contributed by atoms with Crippen LogP contribution >= 0.6 is 11.6 Å². The molecule has 0 radical (unpaired) electrons. The molecule has 8 heteroatoms. The van der Waals surface area contributed by atoms with Crippen LogP contribution in [0.15, 0.2) is 91.0 Å². The van der Waals surface area contributed by atoms with E-state index in [-0.39, 0.29) is 22.6 Å². The largest absolute Gasteiger partial charge is 0.457 e. The monoisotopic (exact) mass is 496 g/mol. The van der Waals surface area contributed by atoms with E-state index in [2.05, 4.69) is 5.10 Å². The van der Waals surface area contributed by atoms with E-state index >= 15 is 0 Å². The Hall–Kier alpha value is -3.84. The summed E-state index contributed by atoms with van der Waals surface area (Å²) >= 11 is 5.86. The van der Waals surface area contributed by atoms with Gasteiger partial charge in [-0.3, -0.25) is 4.68 Å². The minimum absolute atomic E-state index is 0.0768. The van der Waals surface area contributed by atoms with E-state index in [0.717, 1.165) is 12.1 Å². The molecule has 176 valence electrons. The van der Waals surface area contributed by atoms with Crippen LogP contribution in [0.4, 0.5) is 17.6 Å². The van der Waals surface area contributed by atoms with Crippen LogP contribution in [0.2, 0.25) is 5.02 Å². The minimum atomic E-state index is -4.59. The first-order valence-corrected chi connectivity index (χ1v) is 11.0. The van der Waals surface area contributed by atoms with Gasteiger partial charge < -0.3 is 4.74 Å². The van der Waals surface area contributed by atoms with Crippen molar-refractivity contribution in [1.29, 1.82) is 0 Å². The standard InChI is InChI=1S/C27H17ClF4N2O/c28-19-12-9-18(24(29)15-19)16-34-26(22-7-4-8-23(25(22)33-34)27(30,31)32)17-10-13-21(14-11-17)35-20-5-2-1-3-6-20/h1-15H,16H2. The van der Waals surface area contributed by atoms with E-state index in [1.54, 1.807) is 30.3 Å². The molecule has 0 fully saturated rings. The minimum Gasteiger partial charge on any atom is -0.457 e. The van der Waals surface area contributed by atoms with Gasteiger partial charge in [-0.25, -0.2) is 4.39 Å². The van der Waals surface area contributed by atoms with E-state index in [1.807, 2.05) is 30.3 Å². The molecule has 0 unspecified atom stereocenters. The second-order valence-electron chi connectivity index (χ2n) is 7.88. The van der Waals surface area contributed by atoms with Gasteiger partial charge in [-0.2, -0.15) is 18.3 Å². The summed E-state index contributed by atoms with van der Waals surface area (Å²) in [7, 11) is 0. The highest BCUT2D eigenvalue weighted by molar-refractivity contribution is 6.30. The number of halogens is 5. The third kappa shape index (κ3) is 4.72. The molecule has 0 spiro atoms. The molecule has 5 rings (SSSR count). The second kappa shape index (κ2) is 9.07. The number of alkyl halides is 3. The second-order valence-corrected chi connectivity index (χ2v) is 8.32. The average Bonchev–Trinajstić information content (AvgIpc) is 3.19. The Kier molecular flexibility index (Phi) is 5.94. The molecule has 0 bridgehead atoms. The van der Waals surface area contributed by atoms with Crippen molar-refractivity contribution in [3.05, 3.63) is 113 Å². The topological polar surface area (TPSA) is 27.1 Å². The van der Waals surface area contributed by atoms with Crippen molar-refractivity contribution in [3.8, 4) is 22.8 Å². The molecule has 0 aliphatic heterocycles. The number of hydrogen-bond donors (Lipinski definition) is 0. The third-order valence-corrected chi connectivity index (χ3v) is 5.75. The number of fused-ring (bicyclic) bond motifs is 1. The Labute approximate surface area is 203 Å². The highest BCUT2D eigenvalue weighted by atomic mass is 35.5. The lowest BCUT2D eigenvalue weighted by atomic mass is 10.0. The van der Waals surface area contributed by atoms with Crippen LogP contribution in [-0.4, -0.2) is 9.78 Å². The molecular formula is C27H17ClF4N2O. The summed E-state index contributed by atoms with van der Waals surface area (Å²) < 4.78 is 62.9. The summed E-state index contributed by atoms with van der Waals surface area (Å²) in [5.74, 6) is 0.657. The maximum Gasteiger partial charge on any atom is 0.418 e. The van der Waals surface area contributed by atoms with Crippen LogP contribution in [-0.2, 0) is 12.7 Å². The zero-order valence-electron chi connectivity index (χ0n) is 18.1. The van der Waals surface area contributed by atoms with Gasteiger partial charge in [-0.05, 0) is 54.6 Å². The van der Waals surface area contributed by atoms with Gasteiger partial charge in [0.15, 0.2) is 0 Å². The van der Waals surface area contributed by atoms with Gasteiger partial charge in [0, 0.05) is 21.5 Å². The fourth-order valence-corrected chi connectivity index (χ4v) is 4.08. The molecule has 0 amide bonds. The molecule has 0 atom stereocenters. The number of hydrogen-bond acceptors (Lipinski definition) is 2. The van der Waals surface area contributed by atoms with Crippen molar-refractivity contribution in [2.24, 2.45) is 0 Å². The molecule has 1 heterocycles. The molecule has 1 aromatic heterocycles. The zero-order valence-corrected chi connectivity index (χ0v) is 18.8. The van der Waals surface area contributed by atoms with Gasteiger partial charge in [-0.15, -0.1) is 0 Å². The summed E-state index contributed by atoms with van der Waals surface area (Å²) in [6.07, 6.45) is -4.59. The van der Waals surface area contributed by atoms with E-state index < -0.39 is 17.6 Å². The maximum absolute atomic E-state index is 14.5. The molecule has 0 saturated heterocycles. The summed E-state index contributed by atoms with van der Waals surface area (Å²) in [6.45, 7) is -0.0768. The summed E-state index contributed by atoms with van der Waals surface area (Å²) in [5.41, 5.74) is 0.249. The highest BCUT2D eigenvalue weighted by Crippen LogP contribution is 2.38. The van der Waals surface area contributed by atoms with Gasteiger partial charge in [0.05, 0.1) is 17.8 Å². The van der Waals surface area contributed by atoms with Gasteiger partial charge in [0.25, 0.3) is 0 Å². The molecule has 0 N–H and O–H groups in total. The molecule has 5 aromatic rings. The van der Waals surface area contributed by atoms with E-state index in [1.165, 1.54) is 22.9 Å². The third-order valence-electron chi connectivity index (χ3n) is 5.52. The molecular weight excluding hydrogens is 480 g/mol. The first-order chi connectivity index (χ1) is 16.8. The van der Waals surface area contributed by atoms with Crippen molar-refractivity contribution in [1.82, 2.24) is 9.78 Å². The van der Waals surface area contributed by atoms with Crippen molar-refractivity contribution >= 4 is 22.5 Å². The molecule has 4 aromatic carbocycles. The van der Waals surface area contributed by atoms with Crippen LogP contribution in [0.1, 0.15) is 11.1 Å².